The summed E-state index contributed by atoms with van der Waals surface area (Å²) >= 11 is 0. The van der Waals surface area contributed by atoms with E-state index in [1.807, 2.05) is 12.1 Å². The zero-order chi connectivity index (χ0) is 19.1. The number of nitrogens with one attached hydrogen (secondary N) is 2. The largest absolute Gasteiger partial charge is 0.377 e. The predicted octanol–water partition coefficient (Wildman–Crippen LogP) is 1.51. The Labute approximate surface area is 159 Å². The third-order valence-electron chi connectivity index (χ3n) is 4.35. The SMILES string of the molecule is O=C(NCCc1cccnc1)c1cccc(S(=O)(=O)NCC2CCCO2)c1. The Kier molecular flexibility index (Phi) is 6.54. The zero-order valence-corrected chi connectivity index (χ0v) is 15.7. The van der Waals surface area contributed by atoms with Crippen LogP contribution in [-0.2, 0) is 21.2 Å². The number of aromatic nitrogens is 1. The van der Waals surface area contributed by atoms with Crippen LogP contribution in [0.4, 0.5) is 0 Å². The Morgan fingerprint density at radius 1 is 1.26 bits per heavy atom. The van der Waals surface area contributed by atoms with Crippen LogP contribution in [0.5, 0.6) is 0 Å². The van der Waals surface area contributed by atoms with Gasteiger partial charge in [-0.15, -0.1) is 0 Å². The highest BCUT2D eigenvalue weighted by Crippen LogP contribution is 2.14. The van der Waals surface area contributed by atoms with Crippen molar-refractivity contribution in [3.63, 3.8) is 0 Å². The summed E-state index contributed by atoms with van der Waals surface area (Å²) in [6.45, 7) is 1.35. The van der Waals surface area contributed by atoms with Crippen LogP contribution in [0.25, 0.3) is 0 Å². The molecule has 8 heteroatoms. The first-order valence-electron chi connectivity index (χ1n) is 8.93. The normalized spacial score (nSPS) is 17.0. The van der Waals surface area contributed by atoms with Gasteiger partial charge in [-0.2, -0.15) is 0 Å². The summed E-state index contributed by atoms with van der Waals surface area (Å²) in [5, 5.41) is 2.80. The second kappa shape index (κ2) is 9.07. The number of hydrogen-bond donors (Lipinski definition) is 2. The van der Waals surface area contributed by atoms with Crippen molar-refractivity contribution < 1.29 is 17.9 Å². The molecule has 2 aromatic rings. The van der Waals surface area contributed by atoms with E-state index in [2.05, 4.69) is 15.0 Å². The number of carbonyl (C=O) groups excluding carboxylic acids is 1. The van der Waals surface area contributed by atoms with Crippen molar-refractivity contribution in [3.05, 3.63) is 59.9 Å². The van der Waals surface area contributed by atoms with E-state index in [-0.39, 0.29) is 23.5 Å². The third kappa shape index (κ3) is 5.59. The molecule has 0 aliphatic carbocycles. The molecule has 0 radical (unpaired) electrons. The third-order valence-corrected chi connectivity index (χ3v) is 5.77. The minimum absolute atomic E-state index is 0.0698. The van der Waals surface area contributed by atoms with Gasteiger partial charge in [0.05, 0.1) is 11.0 Å². The van der Waals surface area contributed by atoms with Crippen molar-refractivity contribution in [2.45, 2.75) is 30.3 Å². The summed E-state index contributed by atoms with van der Waals surface area (Å²) < 4.78 is 32.9. The molecule has 27 heavy (non-hydrogen) atoms. The molecule has 1 fully saturated rings. The van der Waals surface area contributed by atoms with Crippen LogP contribution in [0.1, 0.15) is 28.8 Å². The second-order valence-corrected chi connectivity index (χ2v) is 8.15. The Balaban J connectivity index is 1.57. The first kappa shape index (κ1) is 19.5. The molecule has 1 atom stereocenters. The van der Waals surface area contributed by atoms with Crippen LogP contribution in [0.2, 0.25) is 0 Å². The average Bonchev–Trinajstić information content (AvgIpc) is 3.21. The molecule has 3 rings (SSSR count). The van der Waals surface area contributed by atoms with Crippen molar-refractivity contribution >= 4 is 15.9 Å². The smallest absolute Gasteiger partial charge is 0.251 e. The van der Waals surface area contributed by atoms with Crippen LogP contribution in [0.15, 0.2) is 53.7 Å². The lowest BCUT2D eigenvalue weighted by Crippen LogP contribution is -2.32. The number of nitrogens with zero attached hydrogens (tertiary/aromatic N) is 1. The molecule has 1 aromatic heterocycles. The lowest BCUT2D eigenvalue weighted by atomic mass is 10.2. The summed E-state index contributed by atoms with van der Waals surface area (Å²) in [4.78, 5) is 16.4. The Morgan fingerprint density at radius 3 is 2.89 bits per heavy atom. The number of benzene rings is 1. The molecule has 7 nitrogen and oxygen atoms in total. The van der Waals surface area contributed by atoms with Crippen LogP contribution >= 0.6 is 0 Å². The fourth-order valence-corrected chi connectivity index (χ4v) is 3.98. The first-order chi connectivity index (χ1) is 13.0. The van der Waals surface area contributed by atoms with Crippen LogP contribution < -0.4 is 10.0 Å². The minimum Gasteiger partial charge on any atom is -0.377 e. The molecular weight excluding hydrogens is 366 g/mol. The fourth-order valence-electron chi connectivity index (χ4n) is 2.86. The van der Waals surface area contributed by atoms with Gasteiger partial charge in [0.15, 0.2) is 0 Å². The molecule has 1 aliphatic rings. The molecule has 1 aromatic carbocycles. The van der Waals surface area contributed by atoms with E-state index < -0.39 is 10.0 Å². The summed E-state index contributed by atoms with van der Waals surface area (Å²) in [6, 6.07) is 9.80. The van der Waals surface area contributed by atoms with Gasteiger partial charge in [0.1, 0.15) is 0 Å². The van der Waals surface area contributed by atoms with Crippen molar-refractivity contribution in [1.29, 1.82) is 0 Å². The van der Waals surface area contributed by atoms with Crippen molar-refractivity contribution in [2.24, 2.45) is 0 Å². The molecule has 1 saturated heterocycles. The van der Waals surface area contributed by atoms with Gasteiger partial charge >= 0.3 is 0 Å². The Bertz CT molecular complexity index is 866. The number of pyridine rings is 1. The number of carbonyl (C=O) groups is 1. The van der Waals surface area contributed by atoms with Gasteiger partial charge in [-0.05, 0) is 49.1 Å². The fraction of sp³-hybridized carbons (Fsp3) is 0.368. The molecule has 1 amide bonds. The molecule has 0 bridgehead atoms. The van der Waals surface area contributed by atoms with Gasteiger partial charge in [-0.25, -0.2) is 13.1 Å². The molecule has 1 aliphatic heterocycles. The van der Waals surface area contributed by atoms with E-state index in [4.69, 9.17) is 4.74 Å². The summed E-state index contributed by atoms with van der Waals surface area (Å²) in [5.41, 5.74) is 1.33. The van der Waals surface area contributed by atoms with E-state index in [1.165, 1.54) is 12.1 Å². The zero-order valence-electron chi connectivity index (χ0n) is 14.9. The topological polar surface area (TPSA) is 97.4 Å². The van der Waals surface area contributed by atoms with Crippen LogP contribution in [0, 0.1) is 0 Å². The van der Waals surface area contributed by atoms with Crippen molar-refractivity contribution in [2.75, 3.05) is 19.7 Å². The van der Waals surface area contributed by atoms with Crippen LogP contribution in [-0.4, -0.2) is 45.1 Å². The van der Waals surface area contributed by atoms with E-state index in [0.717, 1.165) is 18.4 Å². The summed E-state index contributed by atoms with van der Waals surface area (Å²) in [7, 11) is -3.69. The molecule has 144 valence electrons. The molecule has 2 heterocycles. The Hall–Kier alpha value is -2.29. The van der Waals surface area contributed by atoms with Gasteiger partial charge < -0.3 is 10.1 Å². The van der Waals surface area contributed by atoms with E-state index in [1.54, 1.807) is 24.5 Å². The molecular formula is C19H23N3O4S. The molecule has 0 spiro atoms. The van der Waals surface area contributed by atoms with Gasteiger partial charge in [0.2, 0.25) is 10.0 Å². The predicted molar refractivity (Wildman–Crippen MR) is 101 cm³/mol. The number of amides is 1. The van der Waals surface area contributed by atoms with Gasteiger partial charge in [-0.3, -0.25) is 9.78 Å². The maximum absolute atomic E-state index is 12.5. The monoisotopic (exact) mass is 389 g/mol. The minimum atomic E-state index is -3.69. The molecule has 1 unspecified atom stereocenters. The van der Waals surface area contributed by atoms with Gasteiger partial charge in [0.25, 0.3) is 5.91 Å². The first-order valence-corrected chi connectivity index (χ1v) is 10.4. The summed E-state index contributed by atoms with van der Waals surface area (Å²) in [5.74, 6) is -0.310. The highest BCUT2D eigenvalue weighted by Gasteiger charge is 2.21. The Morgan fingerprint density at radius 2 is 2.15 bits per heavy atom. The lowest BCUT2D eigenvalue weighted by Gasteiger charge is -2.12. The number of sulfonamides is 1. The maximum Gasteiger partial charge on any atom is 0.251 e. The second-order valence-electron chi connectivity index (χ2n) is 6.38. The number of hydrogen-bond acceptors (Lipinski definition) is 5. The molecule has 2 N–H and O–H groups in total. The van der Waals surface area contributed by atoms with Crippen molar-refractivity contribution in [1.82, 2.24) is 15.0 Å². The van der Waals surface area contributed by atoms with E-state index in [9.17, 15) is 13.2 Å². The number of rotatable bonds is 8. The lowest BCUT2D eigenvalue weighted by molar-refractivity contribution is 0.0954. The molecule has 0 saturated carbocycles. The quantitative estimate of drug-likeness (QED) is 0.713. The summed E-state index contributed by atoms with van der Waals surface area (Å²) in [6.07, 6.45) is 5.81. The highest BCUT2D eigenvalue weighted by atomic mass is 32.2. The standard InChI is InChI=1S/C19H23N3O4S/c23-19(21-10-8-15-4-2-9-20-13-15)16-5-1-7-18(12-16)27(24,25)22-14-17-6-3-11-26-17/h1-2,4-5,7,9,12-13,17,22H,3,6,8,10-11,14H2,(H,21,23). The van der Waals surface area contributed by atoms with E-state index >= 15 is 0 Å². The highest BCUT2D eigenvalue weighted by molar-refractivity contribution is 7.89. The van der Waals surface area contributed by atoms with Gasteiger partial charge in [-0.1, -0.05) is 12.1 Å². The number of ether oxygens (including phenoxy) is 1. The van der Waals surface area contributed by atoms with Crippen LogP contribution in [0.3, 0.4) is 0 Å². The average molecular weight is 389 g/mol. The van der Waals surface area contributed by atoms with Crippen molar-refractivity contribution in [3.8, 4) is 0 Å². The maximum atomic E-state index is 12.5. The van der Waals surface area contributed by atoms with Gasteiger partial charge in [0, 0.05) is 37.7 Å². The van der Waals surface area contributed by atoms with E-state index in [0.29, 0.717) is 25.1 Å².